The van der Waals surface area contributed by atoms with Crippen molar-refractivity contribution in [2.75, 3.05) is 6.54 Å². The third kappa shape index (κ3) is 17.8. The van der Waals surface area contributed by atoms with E-state index in [1.165, 1.54) is 64.2 Å². The van der Waals surface area contributed by atoms with Gasteiger partial charge >= 0.3 is 0 Å². The third-order valence-electron chi connectivity index (χ3n) is 4.86. The standard InChI is InChI=1S/C21H44N2O/c1-3-5-6-7-8-9-10-11-12-13-14-18-21(24)23-19-16-15-17-20(22)4-2/h20H,3-19,22H2,1-2H3,(H,23,24). The lowest BCUT2D eigenvalue weighted by Gasteiger charge is -2.08. The van der Waals surface area contributed by atoms with Crippen molar-refractivity contribution in [3.63, 3.8) is 0 Å². The van der Waals surface area contributed by atoms with Crippen LogP contribution in [0.3, 0.4) is 0 Å². The van der Waals surface area contributed by atoms with Gasteiger partial charge in [0.2, 0.25) is 5.91 Å². The van der Waals surface area contributed by atoms with E-state index >= 15 is 0 Å². The van der Waals surface area contributed by atoms with E-state index in [2.05, 4.69) is 19.2 Å². The van der Waals surface area contributed by atoms with E-state index in [0.717, 1.165) is 38.6 Å². The van der Waals surface area contributed by atoms with Crippen molar-refractivity contribution in [3.8, 4) is 0 Å². The Hall–Kier alpha value is -0.570. The Morgan fingerprint density at radius 2 is 1.33 bits per heavy atom. The number of carbonyl (C=O) groups excluding carboxylic acids is 1. The van der Waals surface area contributed by atoms with Gasteiger partial charge in [0, 0.05) is 19.0 Å². The molecule has 0 aliphatic carbocycles. The van der Waals surface area contributed by atoms with Crippen LogP contribution in [-0.4, -0.2) is 18.5 Å². The Kier molecular flexibility index (Phi) is 18.3. The highest BCUT2D eigenvalue weighted by Crippen LogP contribution is 2.11. The van der Waals surface area contributed by atoms with Crippen molar-refractivity contribution in [3.05, 3.63) is 0 Å². The second-order valence-corrected chi connectivity index (χ2v) is 7.30. The first-order valence-electron chi connectivity index (χ1n) is 10.7. The van der Waals surface area contributed by atoms with Crippen LogP contribution in [0.1, 0.15) is 117 Å². The average molecular weight is 341 g/mol. The lowest BCUT2D eigenvalue weighted by atomic mass is 10.1. The summed E-state index contributed by atoms with van der Waals surface area (Å²) in [4.78, 5) is 11.7. The van der Waals surface area contributed by atoms with E-state index in [0.29, 0.717) is 12.5 Å². The van der Waals surface area contributed by atoms with Crippen LogP contribution < -0.4 is 11.1 Å². The molecule has 0 aliphatic heterocycles. The molecule has 3 nitrogen and oxygen atoms in total. The summed E-state index contributed by atoms with van der Waals surface area (Å²) in [5.41, 5.74) is 5.88. The molecule has 0 aromatic carbocycles. The second kappa shape index (κ2) is 18.8. The van der Waals surface area contributed by atoms with Gasteiger partial charge in [-0.3, -0.25) is 4.79 Å². The molecule has 0 bridgehead atoms. The van der Waals surface area contributed by atoms with Crippen molar-refractivity contribution < 1.29 is 4.79 Å². The lowest BCUT2D eigenvalue weighted by Crippen LogP contribution is -2.24. The monoisotopic (exact) mass is 340 g/mol. The average Bonchev–Trinajstić information content (AvgIpc) is 2.59. The van der Waals surface area contributed by atoms with Crippen molar-refractivity contribution in [2.45, 2.75) is 123 Å². The predicted octanol–water partition coefficient (Wildman–Crippen LogP) is 5.71. The topological polar surface area (TPSA) is 55.1 Å². The fraction of sp³-hybridized carbons (Fsp3) is 0.952. The van der Waals surface area contributed by atoms with E-state index in [1.54, 1.807) is 0 Å². The maximum Gasteiger partial charge on any atom is 0.219 e. The van der Waals surface area contributed by atoms with Crippen molar-refractivity contribution in [2.24, 2.45) is 5.73 Å². The zero-order valence-corrected chi connectivity index (χ0v) is 16.6. The van der Waals surface area contributed by atoms with Crippen LogP contribution in [0.15, 0.2) is 0 Å². The van der Waals surface area contributed by atoms with Gasteiger partial charge in [-0.1, -0.05) is 84.5 Å². The molecule has 0 rings (SSSR count). The molecule has 0 aromatic heterocycles. The zero-order chi connectivity index (χ0) is 17.9. The highest BCUT2D eigenvalue weighted by molar-refractivity contribution is 5.75. The minimum Gasteiger partial charge on any atom is -0.356 e. The molecule has 3 N–H and O–H groups in total. The van der Waals surface area contributed by atoms with Gasteiger partial charge in [-0.2, -0.15) is 0 Å². The summed E-state index contributed by atoms with van der Waals surface area (Å²) < 4.78 is 0. The van der Waals surface area contributed by atoms with E-state index in [9.17, 15) is 4.79 Å². The maximum absolute atomic E-state index is 11.7. The number of nitrogens with two attached hydrogens (primary N) is 1. The Morgan fingerprint density at radius 3 is 1.88 bits per heavy atom. The van der Waals surface area contributed by atoms with Crippen LogP contribution in [0, 0.1) is 0 Å². The number of carbonyl (C=O) groups is 1. The summed E-state index contributed by atoms with van der Waals surface area (Å²) >= 11 is 0. The Bertz CT molecular complexity index is 269. The molecular weight excluding hydrogens is 296 g/mol. The fourth-order valence-electron chi connectivity index (χ4n) is 3.00. The molecule has 24 heavy (non-hydrogen) atoms. The van der Waals surface area contributed by atoms with Gasteiger partial charge in [-0.25, -0.2) is 0 Å². The van der Waals surface area contributed by atoms with Gasteiger partial charge in [-0.15, -0.1) is 0 Å². The molecule has 0 heterocycles. The molecule has 1 atom stereocenters. The van der Waals surface area contributed by atoms with Crippen molar-refractivity contribution in [1.29, 1.82) is 0 Å². The lowest BCUT2D eigenvalue weighted by molar-refractivity contribution is -0.121. The smallest absolute Gasteiger partial charge is 0.219 e. The number of unbranched alkanes of at least 4 members (excludes halogenated alkanes) is 11. The van der Waals surface area contributed by atoms with Gasteiger partial charge in [0.1, 0.15) is 0 Å². The van der Waals surface area contributed by atoms with Gasteiger partial charge in [0.15, 0.2) is 0 Å². The highest BCUT2D eigenvalue weighted by Gasteiger charge is 2.02. The van der Waals surface area contributed by atoms with Gasteiger partial charge in [0.25, 0.3) is 0 Å². The SMILES string of the molecule is CCCCCCCCCCCCCC(=O)NCCCCC(N)CC. The molecule has 144 valence electrons. The summed E-state index contributed by atoms with van der Waals surface area (Å²) in [6.07, 6.45) is 19.6. The van der Waals surface area contributed by atoms with E-state index in [-0.39, 0.29) is 5.91 Å². The highest BCUT2D eigenvalue weighted by atomic mass is 16.1. The summed E-state index contributed by atoms with van der Waals surface area (Å²) in [5.74, 6) is 0.228. The first-order chi connectivity index (χ1) is 11.7. The number of amides is 1. The molecule has 0 saturated carbocycles. The van der Waals surface area contributed by atoms with Crippen LogP contribution >= 0.6 is 0 Å². The van der Waals surface area contributed by atoms with E-state index in [4.69, 9.17) is 5.73 Å². The molecule has 0 aromatic rings. The van der Waals surface area contributed by atoms with E-state index in [1.807, 2.05) is 0 Å². The predicted molar refractivity (Wildman–Crippen MR) is 106 cm³/mol. The molecule has 1 unspecified atom stereocenters. The quantitative estimate of drug-likeness (QED) is 0.314. The summed E-state index contributed by atoms with van der Waals surface area (Å²) in [6, 6.07) is 0.331. The van der Waals surface area contributed by atoms with Crippen LogP contribution in [0.5, 0.6) is 0 Å². The number of rotatable bonds is 18. The minimum atomic E-state index is 0.228. The number of hydrogen-bond donors (Lipinski definition) is 2. The van der Waals surface area contributed by atoms with Crippen LogP contribution in [0.4, 0.5) is 0 Å². The maximum atomic E-state index is 11.7. The molecule has 0 radical (unpaired) electrons. The molecule has 0 spiro atoms. The Morgan fingerprint density at radius 1 is 0.792 bits per heavy atom. The van der Waals surface area contributed by atoms with Crippen LogP contribution in [0.25, 0.3) is 0 Å². The van der Waals surface area contributed by atoms with Crippen LogP contribution in [0.2, 0.25) is 0 Å². The fourth-order valence-corrected chi connectivity index (χ4v) is 3.00. The Labute approximate surface area is 151 Å². The van der Waals surface area contributed by atoms with E-state index < -0.39 is 0 Å². The van der Waals surface area contributed by atoms with Gasteiger partial charge < -0.3 is 11.1 Å². The summed E-state index contributed by atoms with van der Waals surface area (Å²) in [7, 11) is 0. The molecule has 0 saturated heterocycles. The molecule has 3 heteroatoms. The number of nitrogens with one attached hydrogen (secondary N) is 1. The largest absolute Gasteiger partial charge is 0.356 e. The molecule has 1 amide bonds. The zero-order valence-electron chi connectivity index (χ0n) is 16.6. The van der Waals surface area contributed by atoms with Gasteiger partial charge in [-0.05, 0) is 25.7 Å². The third-order valence-corrected chi connectivity index (χ3v) is 4.86. The summed E-state index contributed by atoms with van der Waals surface area (Å²) in [6.45, 7) is 5.21. The van der Waals surface area contributed by atoms with Crippen molar-refractivity contribution >= 4 is 5.91 Å². The van der Waals surface area contributed by atoms with Gasteiger partial charge in [0.05, 0.1) is 0 Å². The van der Waals surface area contributed by atoms with Crippen molar-refractivity contribution in [1.82, 2.24) is 5.32 Å². The van der Waals surface area contributed by atoms with Crippen LogP contribution in [-0.2, 0) is 4.79 Å². The molecule has 0 aliphatic rings. The summed E-state index contributed by atoms with van der Waals surface area (Å²) in [5, 5.41) is 3.03. The Balaban J connectivity index is 3.18. The normalized spacial score (nSPS) is 12.3. The molecular formula is C21H44N2O. The minimum absolute atomic E-state index is 0.228. The number of hydrogen-bond acceptors (Lipinski definition) is 2. The molecule has 0 fully saturated rings. The first-order valence-corrected chi connectivity index (χ1v) is 10.7. The first kappa shape index (κ1) is 23.4. The second-order valence-electron chi connectivity index (χ2n) is 7.30.